The first kappa shape index (κ1) is 10.6. The van der Waals surface area contributed by atoms with Crippen LogP contribution >= 0.6 is 11.3 Å². The Labute approximate surface area is 110 Å². The number of anilines is 1. The molecule has 3 nitrogen and oxygen atoms in total. The lowest BCUT2D eigenvalue weighted by Crippen LogP contribution is -2.30. The maximum atomic E-state index is 6.31. The molecule has 0 aliphatic heterocycles. The predicted octanol–water partition coefficient (Wildman–Crippen LogP) is 3.59. The van der Waals surface area contributed by atoms with Crippen LogP contribution in [0.5, 0.6) is 5.75 Å². The number of fused-ring (bicyclic) bond motifs is 3. The lowest BCUT2D eigenvalue weighted by Gasteiger charge is -2.28. The number of nitrogens with zero attached hydrogens (tertiary/aromatic N) is 1. The minimum Gasteiger partial charge on any atom is -0.487 e. The van der Waals surface area contributed by atoms with Crippen LogP contribution in [0.4, 0.5) is 5.13 Å². The summed E-state index contributed by atoms with van der Waals surface area (Å²) < 4.78 is 7.43. The van der Waals surface area contributed by atoms with Gasteiger partial charge in [0.2, 0.25) is 0 Å². The molecule has 0 saturated heterocycles. The van der Waals surface area contributed by atoms with Gasteiger partial charge in [-0.2, -0.15) is 0 Å². The molecule has 0 atom stereocenters. The average Bonchev–Trinajstić information content (AvgIpc) is 3.01. The van der Waals surface area contributed by atoms with E-state index in [-0.39, 0.29) is 5.60 Å². The van der Waals surface area contributed by atoms with E-state index in [9.17, 15) is 0 Å². The van der Waals surface area contributed by atoms with Gasteiger partial charge in [-0.1, -0.05) is 11.3 Å². The number of aromatic nitrogens is 1. The summed E-state index contributed by atoms with van der Waals surface area (Å²) in [6.07, 6.45) is 6.38. The fourth-order valence-corrected chi connectivity index (χ4v) is 4.28. The molecule has 2 fully saturated rings. The van der Waals surface area contributed by atoms with Crippen molar-refractivity contribution in [3.8, 4) is 5.75 Å². The van der Waals surface area contributed by atoms with Crippen molar-refractivity contribution in [3.05, 3.63) is 18.2 Å². The molecule has 0 unspecified atom stereocenters. The highest BCUT2D eigenvalue weighted by Crippen LogP contribution is 2.50. The van der Waals surface area contributed by atoms with E-state index in [4.69, 9.17) is 10.5 Å². The SMILES string of the molecule is Nc1nc2ccc(OC34CCC(CC3)C4)cc2s1. The number of nitrogen functional groups attached to an aromatic ring is 1. The number of ether oxygens (including phenoxy) is 1. The average molecular weight is 260 g/mol. The molecule has 0 spiro atoms. The zero-order chi connectivity index (χ0) is 12.2. The van der Waals surface area contributed by atoms with E-state index >= 15 is 0 Å². The first-order chi connectivity index (χ1) is 8.72. The third-order valence-corrected chi connectivity index (χ3v) is 5.24. The molecule has 2 saturated carbocycles. The van der Waals surface area contributed by atoms with Gasteiger partial charge in [0.15, 0.2) is 5.13 Å². The highest BCUT2D eigenvalue weighted by Gasteiger charge is 2.46. The van der Waals surface area contributed by atoms with Crippen LogP contribution in [0.3, 0.4) is 0 Å². The van der Waals surface area contributed by atoms with Crippen molar-refractivity contribution in [1.29, 1.82) is 0 Å². The molecule has 2 aromatic rings. The van der Waals surface area contributed by atoms with Crippen LogP contribution < -0.4 is 10.5 Å². The van der Waals surface area contributed by atoms with Crippen molar-refractivity contribution in [1.82, 2.24) is 4.98 Å². The quantitative estimate of drug-likeness (QED) is 0.897. The van der Waals surface area contributed by atoms with E-state index in [1.165, 1.54) is 43.4 Å². The molecule has 4 rings (SSSR count). The van der Waals surface area contributed by atoms with Crippen molar-refractivity contribution < 1.29 is 4.74 Å². The molecule has 4 heteroatoms. The summed E-state index contributed by atoms with van der Waals surface area (Å²) in [7, 11) is 0. The summed E-state index contributed by atoms with van der Waals surface area (Å²) in [5.41, 5.74) is 6.83. The normalized spacial score (nSPS) is 30.1. The Balaban J connectivity index is 1.66. The Kier molecular flexibility index (Phi) is 2.13. The number of thiazole rings is 1. The minimum atomic E-state index is 0.134. The van der Waals surface area contributed by atoms with Gasteiger partial charge in [-0.15, -0.1) is 0 Å². The van der Waals surface area contributed by atoms with Crippen molar-refractivity contribution >= 4 is 26.7 Å². The lowest BCUT2D eigenvalue weighted by molar-refractivity contribution is 0.0805. The molecule has 1 aromatic heterocycles. The van der Waals surface area contributed by atoms with Crippen molar-refractivity contribution in [2.24, 2.45) is 5.92 Å². The summed E-state index contributed by atoms with van der Waals surface area (Å²) >= 11 is 1.53. The number of hydrogen-bond acceptors (Lipinski definition) is 4. The van der Waals surface area contributed by atoms with Gasteiger partial charge < -0.3 is 10.5 Å². The van der Waals surface area contributed by atoms with E-state index in [0.29, 0.717) is 5.13 Å². The number of nitrogens with two attached hydrogens (primary N) is 1. The van der Waals surface area contributed by atoms with Crippen LogP contribution in [-0.4, -0.2) is 10.6 Å². The third-order valence-electron chi connectivity index (χ3n) is 4.39. The summed E-state index contributed by atoms with van der Waals surface area (Å²) in [4.78, 5) is 4.27. The van der Waals surface area contributed by atoms with Gasteiger partial charge in [-0.25, -0.2) is 4.98 Å². The zero-order valence-corrected chi connectivity index (χ0v) is 11.0. The van der Waals surface area contributed by atoms with Crippen molar-refractivity contribution in [3.63, 3.8) is 0 Å². The third kappa shape index (κ3) is 1.59. The van der Waals surface area contributed by atoms with Gasteiger partial charge in [0.25, 0.3) is 0 Å². The molecule has 2 aliphatic rings. The lowest BCUT2D eigenvalue weighted by atomic mass is 9.97. The topological polar surface area (TPSA) is 48.1 Å². The Bertz CT molecular complexity index is 599. The van der Waals surface area contributed by atoms with E-state index in [2.05, 4.69) is 11.1 Å². The maximum Gasteiger partial charge on any atom is 0.181 e. The fraction of sp³-hybridized carbons (Fsp3) is 0.500. The molecule has 2 bridgehead atoms. The largest absolute Gasteiger partial charge is 0.487 e. The number of hydrogen-bond donors (Lipinski definition) is 1. The van der Waals surface area contributed by atoms with Crippen LogP contribution in [0, 0.1) is 5.92 Å². The van der Waals surface area contributed by atoms with E-state index in [0.717, 1.165) is 21.9 Å². The predicted molar refractivity (Wildman–Crippen MR) is 74.0 cm³/mol. The molecule has 0 radical (unpaired) electrons. The molecular formula is C14H16N2OS. The second kappa shape index (κ2) is 3.60. The molecule has 1 heterocycles. The van der Waals surface area contributed by atoms with Crippen LogP contribution in [0.15, 0.2) is 18.2 Å². The Morgan fingerprint density at radius 1 is 1.33 bits per heavy atom. The van der Waals surface area contributed by atoms with Crippen LogP contribution in [0.2, 0.25) is 0 Å². The van der Waals surface area contributed by atoms with Crippen molar-refractivity contribution in [2.75, 3.05) is 5.73 Å². The molecule has 94 valence electrons. The van der Waals surface area contributed by atoms with Gasteiger partial charge in [-0.3, -0.25) is 0 Å². The summed E-state index contributed by atoms with van der Waals surface area (Å²) in [5.74, 6) is 1.89. The first-order valence-electron chi connectivity index (χ1n) is 6.58. The Morgan fingerprint density at radius 2 is 2.17 bits per heavy atom. The van der Waals surface area contributed by atoms with Crippen molar-refractivity contribution in [2.45, 2.75) is 37.7 Å². The second-order valence-electron chi connectivity index (χ2n) is 5.61. The summed E-state index contributed by atoms with van der Waals surface area (Å²) in [6, 6.07) is 6.13. The first-order valence-corrected chi connectivity index (χ1v) is 7.39. The maximum absolute atomic E-state index is 6.31. The Hall–Kier alpha value is -1.29. The monoisotopic (exact) mass is 260 g/mol. The standard InChI is InChI=1S/C14H16N2OS/c15-13-16-11-2-1-10(7-12(11)18-13)17-14-5-3-9(8-14)4-6-14/h1-2,7,9H,3-6,8H2,(H2,15,16). The minimum absolute atomic E-state index is 0.134. The summed E-state index contributed by atoms with van der Waals surface area (Å²) in [6.45, 7) is 0. The highest BCUT2D eigenvalue weighted by atomic mass is 32.1. The van der Waals surface area contributed by atoms with E-state index in [1.54, 1.807) is 0 Å². The Morgan fingerprint density at radius 3 is 2.89 bits per heavy atom. The number of rotatable bonds is 2. The molecule has 18 heavy (non-hydrogen) atoms. The van der Waals surface area contributed by atoms with Crippen LogP contribution in [0.1, 0.15) is 32.1 Å². The molecule has 2 N–H and O–H groups in total. The second-order valence-corrected chi connectivity index (χ2v) is 6.68. The van der Waals surface area contributed by atoms with Crippen LogP contribution in [-0.2, 0) is 0 Å². The molecule has 0 amide bonds. The number of benzene rings is 1. The fourth-order valence-electron chi connectivity index (χ4n) is 3.52. The zero-order valence-electron chi connectivity index (χ0n) is 10.2. The molecular weight excluding hydrogens is 244 g/mol. The van der Waals surface area contributed by atoms with E-state index < -0.39 is 0 Å². The van der Waals surface area contributed by atoms with Gasteiger partial charge >= 0.3 is 0 Å². The van der Waals surface area contributed by atoms with Gasteiger partial charge in [-0.05, 0) is 56.2 Å². The molecule has 2 aliphatic carbocycles. The smallest absolute Gasteiger partial charge is 0.181 e. The molecule has 1 aromatic carbocycles. The highest BCUT2D eigenvalue weighted by molar-refractivity contribution is 7.22. The van der Waals surface area contributed by atoms with Crippen LogP contribution in [0.25, 0.3) is 10.2 Å². The van der Waals surface area contributed by atoms with Gasteiger partial charge in [0.1, 0.15) is 11.4 Å². The van der Waals surface area contributed by atoms with E-state index in [1.807, 2.05) is 12.1 Å². The summed E-state index contributed by atoms with van der Waals surface area (Å²) in [5, 5.41) is 0.627. The van der Waals surface area contributed by atoms with Gasteiger partial charge in [0.05, 0.1) is 10.2 Å². The van der Waals surface area contributed by atoms with Gasteiger partial charge in [0, 0.05) is 0 Å².